The molecule has 1 aliphatic rings. The number of anilines is 1. The fraction of sp³-hybridized carbons (Fsp3) is 0.500. The second-order valence-corrected chi connectivity index (χ2v) is 7.04. The lowest BCUT2D eigenvalue weighted by Crippen LogP contribution is -2.18. The van der Waals surface area contributed by atoms with E-state index in [0.29, 0.717) is 23.8 Å². The van der Waals surface area contributed by atoms with Gasteiger partial charge in [0.25, 0.3) is 10.0 Å². The number of aryl methyl sites for hydroxylation is 1. The van der Waals surface area contributed by atoms with Crippen molar-refractivity contribution in [2.75, 3.05) is 4.72 Å². The van der Waals surface area contributed by atoms with Crippen LogP contribution in [0.3, 0.4) is 0 Å². The lowest BCUT2D eigenvalue weighted by Gasteiger charge is -2.24. The zero-order chi connectivity index (χ0) is 14.9. The molecule has 0 saturated heterocycles. The van der Waals surface area contributed by atoms with Gasteiger partial charge in [0.05, 0.1) is 11.9 Å². The van der Waals surface area contributed by atoms with Crippen LogP contribution in [-0.2, 0) is 23.0 Å². The van der Waals surface area contributed by atoms with Crippen molar-refractivity contribution in [2.24, 2.45) is 5.92 Å². The van der Waals surface area contributed by atoms with Gasteiger partial charge in [-0.25, -0.2) is 0 Å². The molecule has 3 rings (SSSR count). The highest BCUT2D eigenvalue weighted by Gasteiger charge is 2.21. The average Bonchev–Trinajstić information content (AvgIpc) is 3.02. The van der Waals surface area contributed by atoms with Crippen LogP contribution in [0.5, 0.6) is 0 Å². The molecule has 2 heterocycles. The first-order valence-corrected chi connectivity index (χ1v) is 8.69. The van der Waals surface area contributed by atoms with Crippen LogP contribution in [0.25, 0.3) is 0 Å². The Labute approximate surface area is 124 Å². The van der Waals surface area contributed by atoms with Crippen molar-refractivity contribution in [3.05, 3.63) is 30.3 Å². The van der Waals surface area contributed by atoms with Gasteiger partial charge in [0.15, 0.2) is 0 Å². The standard InChI is InChI=1S/C14H19N3O3S/c1-2-13-6-7-14(20-13)21(18,19)16-12-8-15-17(10-12)9-11-4-3-5-11/h6-8,10-11,16H,2-5,9H2,1H3. The van der Waals surface area contributed by atoms with Crippen LogP contribution in [0.1, 0.15) is 31.9 Å². The molecule has 2 aromatic heterocycles. The molecule has 114 valence electrons. The molecule has 0 bridgehead atoms. The van der Waals surface area contributed by atoms with E-state index >= 15 is 0 Å². The lowest BCUT2D eigenvalue weighted by molar-refractivity contribution is 0.266. The first-order valence-electron chi connectivity index (χ1n) is 7.21. The van der Waals surface area contributed by atoms with Crippen LogP contribution in [0.4, 0.5) is 5.69 Å². The first kappa shape index (κ1) is 14.2. The molecule has 0 aromatic carbocycles. The molecule has 1 fully saturated rings. The smallest absolute Gasteiger partial charge is 0.295 e. The normalized spacial score (nSPS) is 15.9. The fourth-order valence-corrected chi connectivity index (χ4v) is 3.33. The van der Waals surface area contributed by atoms with Crippen molar-refractivity contribution in [3.8, 4) is 0 Å². The Morgan fingerprint density at radius 2 is 2.24 bits per heavy atom. The molecule has 0 amide bonds. The van der Waals surface area contributed by atoms with Gasteiger partial charge in [0.2, 0.25) is 5.09 Å². The topological polar surface area (TPSA) is 77.1 Å². The monoisotopic (exact) mass is 309 g/mol. The number of hydrogen-bond donors (Lipinski definition) is 1. The minimum absolute atomic E-state index is 0.0638. The predicted octanol–water partition coefficient (Wildman–Crippen LogP) is 2.64. The van der Waals surface area contributed by atoms with Crippen LogP contribution < -0.4 is 4.72 Å². The second kappa shape index (κ2) is 5.55. The van der Waals surface area contributed by atoms with Gasteiger partial charge in [-0.05, 0) is 30.9 Å². The summed E-state index contributed by atoms with van der Waals surface area (Å²) in [6.07, 6.45) is 7.65. The lowest BCUT2D eigenvalue weighted by atomic mass is 9.85. The summed E-state index contributed by atoms with van der Waals surface area (Å²) in [6.45, 7) is 2.76. The summed E-state index contributed by atoms with van der Waals surface area (Å²) in [4.78, 5) is 0. The molecule has 0 radical (unpaired) electrons. The van der Waals surface area contributed by atoms with E-state index in [0.717, 1.165) is 6.54 Å². The molecule has 21 heavy (non-hydrogen) atoms. The van der Waals surface area contributed by atoms with E-state index in [-0.39, 0.29) is 5.09 Å². The minimum atomic E-state index is -3.68. The summed E-state index contributed by atoms with van der Waals surface area (Å²) in [5.41, 5.74) is 0.462. The first-order chi connectivity index (χ1) is 10.1. The summed E-state index contributed by atoms with van der Waals surface area (Å²) in [6, 6.07) is 3.15. The van der Waals surface area contributed by atoms with Crippen molar-refractivity contribution in [1.29, 1.82) is 0 Å². The average molecular weight is 309 g/mol. The maximum Gasteiger partial charge on any atom is 0.295 e. The van der Waals surface area contributed by atoms with Crippen molar-refractivity contribution < 1.29 is 12.8 Å². The van der Waals surface area contributed by atoms with E-state index in [1.165, 1.54) is 31.5 Å². The summed E-state index contributed by atoms with van der Waals surface area (Å²) in [5.74, 6) is 1.32. The van der Waals surface area contributed by atoms with E-state index in [2.05, 4.69) is 9.82 Å². The largest absolute Gasteiger partial charge is 0.448 e. The molecule has 6 nitrogen and oxygen atoms in total. The third-order valence-corrected chi connectivity index (χ3v) is 5.06. The van der Waals surface area contributed by atoms with Crippen LogP contribution in [0, 0.1) is 5.92 Å². The van der Waals surface area contributed by atoms with E-state index in [1.807, 2.05) is 6.92 Å². The second-order valence-electron chi connectivity index (χ2n) is 5.43. The minimum Gasteiger partial charge on any atom is -0.448 e. The Hall–Kier alpha value is -1.76. The number of aromatic nitrogens is 2. The molecular formula is C14H19N3O3S. The highest BCUT2D eigenvalue weighted by atomic mass is 32.2. The SMILES string of the molecule is CCc1ccc(S(=O)(=O)Nc2cnn(CC3CCC3)c2)o1. The van der Waals surface area contributed by atoms with Crippen molar-refractivity contribution in [3.63, 3.8) is 0 Å². The summed E-state index contributed by atoms with van der Waals surface area (Å²) in [7, 11) is -3.68. The van der Waals surface area contributed by atoms with Gasteiger partial charge in [-0.1, -0.05) is 13.3 Å². The number of hydrogen-bond acceptors (Lipinski definition) is 4. The van der Waals surface area contributed by atoms with Gasteiger partial charge in [0, 0.05) is 19.2 Å². The fourth-order valence-electron chi connectivity index (χ4n) is 2.35. The molecule has 0 spiro atoms. The van der Waals surface area contributed by atoms with Crippen LogP contribution in [0.2, 0.25) is 0 Å². The van der Waals surface area contributed by atoms with E-state index in [4.69, 9.17) is 4.42 Å². The van der Waals surface area contributed by atoms with E-state index in [9.17, 15) is 8.42 Å². The summed E-state index contributed by atoms with van der Waals surface area (Å²) < 4.78 is 34.0. The molecule has 2 aromatic rings. The van der Waals surface area contributed by atoms with E-state index in [1.54, 1.807) is 16.9 Å². The number of sulfonamides is 1. The molecule has 0 atom stereocenters. The summed E-state index contributed by atoms with van der Waals surface area (Å²) >= 11 is 0. The molecule has 1 aliphatic carbocycles. The molecule has 1 saturated carbocycles. The van der Waals surface area contributed by atoms with Crippen LogP contribution in [0.15, 0.2) is 34.0 Å². The van der Waals surface area contributed by atoms with Crippen LogP contribution in [-0.4, -0.2) is 18.2 Å². The molecule has 1 N–H and O–H groups in total. The predicted molar refractivity (Wildman–Crippen MR) is 78.5 cm³/mol. The zero-order valence-electron chi connectivity index (χ0n) is 11.9. The Balaban J connectivity index is 1.69. The van der Waals surface area contributed by atoms with Crippen molar-refractivity contribution in [2.45, 2.75) is 44.2 Å². The maximum absolute atomic E-state index is 12.2. The van der Waals surface area contributed by atoms with Crippen molar-refractivity contribution in [1.82, 2.24) is 9.78 Å². The Morgan fingerprint density at radius 1 is 1.43 bits per heavy atom. The van der Waals surface area contributed by atoms with Gasteiger partial charge in [0.1, 0.15) is 5.76 Å². The Morgan fingerprint density at radius 3 is 2.86 bits per heavy atom. The third-order valence-electron chi connectivity index (χ3n) is 3.81. The van der Waals surface area contributed by atoms with Crippen LogP contribution >= 0.6 is 0 Å². The van der Waals surface area contributed by atoms with Gasteiger partial charge in [-0.3, -0.25) is 9.40 Å². The third kappa shape index (κ3) is 3.12. The summed E-state index contributed by atoms with van der Waals surface area (Å²) in [5, 5.41) is 4.13. The highest BCUT2D eigenvalue weighted by Crippen LogP contribution is 2.28. The van der Waals surface area contributed by atoms with E-state index < -0.39 is 10.0 Å². The quantitative estimate of drug-likeness (QED) is 0.890. The van der Waals surface area contributed by atoms with Gasteiger partial charge in [-0.2, -0.15) is 13.5 Å². The Kier molecular flexibility index (Phi) is 3.75. The highest BCUT2D eigenvalue weighted by molar-refractivity contribution is 7.92. The number of rotatable bonds is 6. The van der Waals surface area contributed by atoms with Gasteiger partial charge < -0.3 is 4.42 Å². The van der Waals surface area contributed by atoms with Gasteiger partial charge in [-0.15, -0.1) is 0 Å². The molecular weight excluding hydrogens is 290 g/mol. The maximum atomic E-state index is 12.2. The number of nitrogens with one attached hydrogen (secondary N) is 1. The molecule has 0 unspecified atom stereocenters. The number of nitrogens with zero attached hydrogens (tertiary/aromatic N) is 2. The zero-order valence-corrected chi connectivity index (χ0v) is 12.8. The molecule has 0 aliphatic heterocycles. The number of furan rings is 1. The van der Waals surface area contributed by atoms with Crippen molar-refractivity contribution >= 4 is 15.7 Å². The Bertz CT molecular complexity index is 713. The van der Waals surface area contributed by atoms with Gasteiger partial charge >= 0.3 is 0 Å². The molecule has 7 heteroatoms.